The van der Waals surface area contributed by atoms with Crippen molar-refractivity contribution in [3.05, 3.63) is 107 Å². The second kappa shape index (κ2) is 10.3. The minimum Gasteiger partial charge on any atom is -0.494 e. The van der Waals surface area contributed by atoms with Crippen LogP contribution in [0.25, 0.3) is 17.0 Å². The number of urea groups is 1. The first kappa shape index (κ1) is 24.3. The van der Waals surface area contributed by atoms with Crippen molar-refractivity contribution in [3.8, 4) is 17.1 Å². The smallest absolute Gasteiger partial charge is 0.322 e. The predicted octanol–water partition coefficient (Wildman–Crippen LogP) is 6.45. The number of hydrogen-bond acceptors (Lipinski definition) is 5. The molecule has 37 heavy (non-hydrogen) atoms. The second-order valence-corrected chi connectivity index (χ2v) is 9.18. The van der Waals surface area contributed by atoms with E-state index in [9.17, 15) is 4.79 Å². The molecule has 1 unspecified atom stereocenters. The number of carbonyl (C=O) groups is 1. The fourth-order valence-corrected chi connectivity index (χ4v) is 4.52. The molecule has 7 nitrogen and oxygen atoms in total. The zero-order valence-corrected chi connectivity index (χ0v) is 21.5. The van der Waals surface area contributed by atoms with E-state index in [0.717, 1.165) is 39.3 Å². The van der Waals surface area contributed by atoms with Gasteiger partial charge < -0.3 is 14.6 Å². The van der Waals surface area contributed by atoms with Gasteiger partial charge in [-0.1, -0.05) is 65.8 Å². The lowest BCUT2D eigenvalue weighted by atomic mass is 9.92. The van der Waals surface area contributed by atoms with Gasteiger partial charge in [0, 0.05) is 11.3 Å². The largest absolute Gasteiger partial charge is 0.494 e. The van der Waals surface area contributed by atoms with Crippen LogP contribution >= 0.6 is 0 Å². The fourth-order valence-electron chi connectivity index (χ4n) is 4.52. The maximum atomic E-state index is 13.4. The third-order valence-electron chi connectivity index (χ3n) is 6.72. The van der Waals surface area contributed by atoms with Crippen molar-refractivity contribution >= 4 is 11.6 Å². The molecule has 0 saturated heterocycles. The van der Waals surface area contributed by atoms with E-state index < -0.39 is 6.04 Å². The Labute approximate surface area is 216 Å². The van der Waals surface area contributed by atoms with Crippen molar-refractivity contribution in [2.75, 3.05) is 6.61 Å². The number of allylic oxidation sites excluding steroid dienone is 1. The van der Waals surface area contributed by atoms with Crippen LogP contribution < -0.4 is 10.1 Å². The Bertz CT molecular complexity index is 1440. The molecule has 2 heterocycles. The van der Waals surface area contributed by atoms with E-state index in [0.29, 0.717) is 24.9 Å². The molecule has 1 aliphatic rings. The predicted molar refractivity (Wildman–Crippen MR) is 143 cm³/mol. The summed E-state index contributed by atoms with van der Waals surface area (Å²) in [6.45, 7) is 9.03. The molecule has 188 valence electrons. The molecule has 0 radical (unpaired) electrons. The van der Waals surface area contributed by atoms with Crippen LogP contribution in [0.1, 0.15) is 48.0 Å². The number of nitrogens with zero attached hydrogens (tertiary/aromatic N) is 3. The lowest BCUT2D eigenvalue weighted by Crippen LogP contribution is -2.45. The van der Waals surface area contributed by atoms with E-state index in [2.05, 4.69) is 36.5 Å². The van der Waals surface area contributed by atoms with Gasteiger partial charge in [0.15, 0.2) is 0 Å². The number of ether oxygens (including phenoxy) is 1. The Balaban J connectivity index is 1.56. The highest BCUT2D eigenvalue weighted by Crippen LogP contribution is 2.38. The summed E-state index contributed by atoms with van der Waals surface area (Å²) in [5.74, 6) is 1.69. The van der Waals surface area contributed by atoms with Gasteiger partial charge in [-0.25, -0.2) is 4.79 Å². The molecule has 0 bridgehead atoms. The minimum absolute atomic E-state index is 0.179. The van der Waals surface area contributed by atoms with Crippen molar-refractivity contribution in [2.24, 2.45) is 0 Å². The van der Waals surface area contributed by atoms with Crippen molar-refractivity contribution in [1.82, 2.24) is 20.4 Å². The first-order chi connectivity index (χ1) is 17.9. The summed E-state index contributed by atoms with van der Waals surface area (Å²) in [6.07, 6.45) is 0. The number of benzene rings is 3. The van der Waals surface area contributed by atoms with Gasteiger partial charge in [-0.05, 0) is 62.1 Å². The minimum atomic E-state index is -0.424. The number of hydrogen-bond donors (Lipinski definition) is 1. The molecule has 0 fully saturated rings. The van der Waals surface area contributed by atoms with Crippen molar-refractivity contribution in [3.63, 3.8) is 0 Å². The highest BCUT2D eigenvalue weighted by atomic mass is 16.5. The summed E-state index contributed by atoms with van der Waals surface area (Å²) >= 11 is 0. The van der Waals surface area contributed by atoms with Crippen LogP contribution in [0.5, 0.6) is 5.75 Å². The maximum absolute atomic E-state index is 13.4. The normalized spacial score (nSPS) is 15.6. The summed E-state index contributed by atoms with van der Waals surface area (Å²) in [5, 5.41) is 7.43. The van der Waals surface area contributed by atoms with E-state index in [1.54, 1.807) is 4.90 Å². The zero-order chi connectivity index (χ0) is 25.9. The molecule has 1 aromatic heterocycles. The summed E-state index contributed by atoms with van der Waals surface area (Å²) in [7, 11) is 0. The average Bonchev–Trinajstić information content (AvgIpc) is 3.39. The molecule has 7 heteroatoms. The van der Waals surface area contributed by atoms with Gasteiger partial charge in [0.25, 0.3) is 5.89 Å². The third kappa shape index (κ3) is 4.98. The lowest BCUT2D eigenvalue weighted by molar-refractivity contribution is 0.203. The Morgan fingerprint density at radius 2 is 1.73 bits per heavy atom. The summed E-state index contributed by atoms with van der Waals surface area (Å²) in [5.41, 5.74) is 6.70. The molecular formula is C30H30N4O3. The molecule has 0 aliphatic carbocycles. The fraction of sp³-hybridized carbons (Fsp3) is 0.233. The van der Waals surface area contributed by atoms with E-state index in [4.69, 9.17) is 14.2 Å². The van der Waals surface area contributed by atoms with Crippen LogP contribution in [0.15, 0.2) is 83.0 Å². The summed E-state index contributed by atoms with van der Waals surface area (Å²) in [4.78, 5) is 19.9. The number of rotatable bonds is 7. The third-order valence-corrected chi connectivity index (χ3v) is 6.72. The van der Waals surface area contributed by atoms with E-state index in [-0.39, 0.29) is 6.03 Å². The van der Waals surface area contributed by atoms with Crippen LogP contribution in [0.3, 0.4) is 0 Å². The molecule has 1 aliphatic heterocycles. The van der Waals surface area contributed by atoms with E-state index in [1.165, 1.54) is 5.56 Å². The Morgan fingerprint density at radius 3 is 2.43 bits per heavy atom. The first-order valence-corrected chi connectivity index (χ1v) is 12.4. The average molecular weight is 495 g/mol. The van der Waals surface area contributed by atoms with Gasteiger partial charge in [-0.2, -0.15) is 4.98 Å². The number of nitrogens with one attached hydrogen (secondary N) is 1. The number of aromatic nitrogens is 2. The number of amides is 2. The highest BCUT2D eigenvalue weighted by Gasteiger charge is 2.36. The standard InChI is InChI=1S/C30H30N4O3/c1-5-36-25-15-12-22(13-16-25)18-34-21(4)26(29-32-28(33-37-29)23-9-7-6-8-10-23)27(31-30(34)35)24-14-11-19(2)20(3)17-24/h6-17,27H,5,18H2,1-4H3,(H,31,35). The van der Waals surface area contributed by atoms with Gasteiger partial charge in [0.2, 0.25) is 5.82 Å². The Hall–Kier alpha value is -4.39. The molecule has 1 atom stereocenters. The Morgan fingerprint density at radius 1 is 0.973 bits per heavy atom. The number of carbonyl (C=O) groups excluding carboxylic acids is 1. The van der Waals surface area contributed by atoms with Crippen LogP contribution in [0.4, 0.5) is 4.79 Å². The lowest BCUT2D eigenvalue weighted by Gasteiger charge is -2.35. The summed E-state index contributed by atoms with van der Waals surface area (Å²) < 4.78 is 11.4. The topological polar surface area (TPSA) is 80.5 Å². The van der Waals surface area contributed by atoms with Crippen LogP contribution in [0, 0.1) is 13.8 Å². The van der Waals surface area contributed by atoms with Gasteiger partial charge in [-0.15, -0.1) is 0 Å². The van der Waals surface area contributed by atoms with Crippen molar-refractivity contribution in [1.29, 1.82) is 0 Å². The van der Waals surface area contributed by atoms with E-state index in [1.807, 2.05) is 74.5 Å². The van der Waals surface area contributed by atoms with Gasteiger partial charge in [0.1, 0.15) is 5.75 Å². The molecule has 3 aromatic carbocycles. The van der Waals surface area contributed by atoms with Crippen LogP contribution in [0.2, 0.25) is 0 Å². The molecular weight excluding hydrogens is 464 g/mol. The second-order valence-electron chi connectivity index (χ2n) is 9.18. The number of aryl methyl sites for hydroxylation is 2. The molecule has 0 saturated carbocycles. The van der Waals surface area contributed by atoms with Crippen LogP contribution in [-0.4, -0.2) is 27.7 Å². The highest BCUT2D eigenvalue weighted by molar-refractivity contribution is 5.87. The van der Waals surface area contributed by atoms with E-state index >= 15 is 0 Å². The molecule has 2 amide bonds. The monoisotopic (exact) mass is 494 g/mol. The van der Waals surface area contributed by atoms with Crippen molar-refractivity contribution in [2.45, 2.75) is 40.3 Å². The maximum Gasteiger partial charge on any atom is 0.322 e. The summed E-state index contributed by atoms with van der Waals surface area (Å²) in [6, 6.07) is 23.1. The molecule has 4 aromatic rings. The van der Waals surface area contributed by atoms with Crippen LogP contribution in [-0.2, 0) is 6.54 Å². The van der Waals surface area contributed by atoms with Gasteiger partial charge in [0.05, 0.1) is 24.8 Å². The molecule has 5 rings (SSSR count). The first-order valence-electron chi connectivity index (χ1n) is 12.4. The quantitative estimate of drug-likeness (QED) is 0.319. The van der Waals surface area contributed by atoms with Gasteiger partial charge in [-0.3, -0.25) is 4.90 Å². The van der Waals surface area contributed by atoms with Gasteiger partial charge >= 0.3 is 6.03 Å². The molecule has 1 N–H and O–H groups in total. The Kier molecular flexibility index (Phi) is 6.77. The SMILES string of the molecule is CCOc1ccc(CN2C(=O)NC(c3ccc(C)c(C)c3)C(c3nc(-c4ccccc4)no3)=C2C)cc1. The zero-order valence-electron chi connectivity index (χ0n) is 21.5. The van der Waals surface area contributed by atoms with Crippen molar-refractivity contribution < 1.29 is 14.1 Å². The molecule has 0 spiro atoms.